The van der Waals surface area contributed by atoms with Crippen molar-refractivity contribution in [2.75, 3.05) is 0 Å². The standard InChI is InChI=1S/C13H20N2O4/c1-12(2,3)19-11(18)15-13(4,10(16)17)8-6-5-7-9-14/h6,8H,5,7H2,1-4H3,(H,15,18)(H,16,17)/b8-6-/t13-/m0/s1. The molecule has 106 valence electrons. The molecule has 0 radical (unpaired) electrons. The summed E-state index contributed by atoms with van der Waals surface area (Å²) in [6, 6.07) is 1.94. The number of unbranched alkanes of at least 4 members (excludes halogenated alkanes) is 1. The SMILES string of the molecule is CC(C)(C)OC(=O)N[C@@](C)(/C=C\CCC#N)C(=O)O. The van der Waals surface area contributed by atoms with Crippen LogP contribution in [0.25, 0.3) is 0 Å². The number of nitrogens with one attached hydrogen (secondary N) is 1. The lowest BCUT2D eigenvalue weighted by molar-refractivity contribution is -0.142. The second kappa shape index (κ2) is 6.78. The lowest BCUT2D eigenvalue weighted by atomic mass is 10.0. The van der Waals surface area contributed by atoms with Crippen LogP contribution < -0.4 is 5.32 Å². The summed E-state index contributed by atoms with van der Waals surface area (Å²) in [5, 5.41) is 19.8. The van der Waals surface area contributed by atoms with Crippen molar-refractivity contribution >= 4 is 12.1 Å². The number of ether oxygens (including phenoxy) is 1. The van der Waals surface area contributed by atoms with Gasteiger partial charge in [0, 0.05) is 6.42 Å². The molecule has 0 aliphatic heterocycles. The topological polar surface area (TPSA) is 99.4 Å². The van der Waals surface area contributed by atoms with Gasteiger partial charge in [-0.05, 0) is 34.1 Å². The molecule has 1 amide bonds. The minimum absolute atomic E-state index is 0.290. The van der Waals surface area contributed by atoms with Gasteiger partial charge in [-0.3, -0.25) is 0 Å². The van der Waals surface area contributed by atoms with Crippen LogP contribution in [0.3, 0.4) is 0 Å². The maximum atomic E-state index is 11.6. The molecule has 0 aromatic carbocycles. The van der Waals surface area contributed by atoms with E-state index in [0.29, 0.717) is 12.8 Å². The highest BCUT2D eigenvalue weighted by molar-refractivity contribution is 5.86. The van der Waals surface area contributed by atoms with Crippen LogP contribution in [0, 0.1) is 11.3 Å². The summed E-state index contributed by atoms with van der Waals surface area (Å²) in [6.07, 6.45) is 2.81. The second-order valence-electron chi connectivity index (χ2n) is 5.23. The van der Waals surface area contributed by atoms with Gasteiger partial charge in [-0.2, -0.15) is 5.26 Å². The van der Waals surface area contributed by atoms with Gasteiger partial charge in [-0.1, -0.05) is 12.2 Å². The zero-order valence-corrected chi connectivity index (χ0v) is 11.7. The van der Waals surface area contributed by atoms with Crippen molar-refractivity contribution in [2.24, 2.45) is 0 Å². The number of hydrogen-bond donors (Lipinski definition) is 2. The molecule has 0 aliphatic rings. The monoisotopic (exact) mass is 268 g/mol. The molecule has 0 aliphatic carbocycles. The number of aliphatic carboxylic acids is 1. The molecule has 0 fully saturated rings. The van der Waals surface area contributed by atoms with Gasteiger partial charge >= 0.3 is 12.1 Å². The van der Waals surface area contributed by atoms with E-state index >= 15 is 0 Å². The lowest BCUT2D eigenvalue weighted by Gasteiger charge is -2.26. The van der Waals surface area contributed by atoms with Gasteiger partial charge in [-0.25, -0.2) is 9.59 Å². The Kier molecular flexibility index (Phi) is 6.06. The van der Waals surface area contributed by atoms with Gasteiger partial charge in [0.15, 0.2) is 5.54 Å². The molecule has 0 spiro atoms. The van der Waals surface area contributed by atoms with Crippen LogP contribution in [-0.4, -0.2) is 28.3 Å². The highest BCUT2D eigenvalue weighted by atomic mass is 16.6. The zero-order valence-electron chi connectivity index (χ0n) is 11.7. The van der Waals surface area contributed by atoms with Crippen LogP contribution in [0.5, 0.6) is 0 Å². The largest absolute Gasteiger partial charge is 0.479 e. The molecule has 0 unspecified atom stereocenters. The van der Waals surface area contributed by atoms with Crippen LogP contribution in [-0.2, 0) is 9.53 Å². The summed E-state index contributed by atoms with van der Waals surface area (Å²) >= 11 is 0. The van der Waals surface area contributed by atoms with Gasteiger partial charge < -0.3 is 15.2 Å². The molecular weight excluding hydrogens is 248 g/mol. The Morgan fingerprint density at radius 3 is 2.37 bits per heavy atom. The van der Waals surface area contributed by atoms with E-state index < -0.39 is 23.2 Å². The van der Waals surface area contributed by atoms with Crippen molar-refractivity contribution in [1.29, 1.82) is 5.26 Å². The molecule has 0 aromatic rings. The molecule has 0 rings (SSSR count). The van der Waals surface area contributed by atoms with Crippen LogP contribution in [0.2, 0.25) is 0 Å². The summed E-state index contributed by atoms with van der Waals surface area (Å²) in [4.78, 5) is 22.8. The van der Waals surface area contributed by atoms with E-state index in [1.807, 2.05) is 6.07 Å². The van der Waals surface area contributed by atoms with E-state index in [2.05, 4.69) is 5.32 Å². The maximum absolute atomic E-state index is 11.6. The van der Waals surface area contributed by atoms with Gasteiger partial charge in [-0.15, -0.1) is 0 Å². The number of carboxylic acids is 1. The predicted molar refractivity (Wildman–Crippen MR) is 69.4 cm³/mol. The molecule has 0 aromatic heterocycles. The van der Waals surface area contributed by atoms with Crippen molar-refractivity contribution in [3.05, 3.63) is 12.2 Å². The molecule has 19 heavy (non-hydrogen) atoms. The molecular formula is C13H20N2O4. The third kappa shape index (κ3) is 7.09. The number of allylic oxidation sites excluding steroid dienone is 1. The number of hydrogen-bond acceptors (Lipinski definition) is 4. The summed E-state index contributed by atoms with van der Waals surface area (Å²) in [5.41, 5.74) is -2.26. The van der Waals surface area contributed by atoms with Crippen molar-refractivity contribution in [3.8, 4) is 6.07 Å². The number of carbonyl (C=O) groups excluding carboxylic acids is 1. The Bertz CT molecular complexity index is 404. The molecule has 1 atom stereocenters. The number of alkyl carbamates (subject to hydrolysis) is 1. The number of carbonyl (C=O) groups is 2. The van der Waals surface area contributed by atoms with Crippen LogP contribution in [0.4, 0.5) is 4.79 Å². The Balaban J connectivity index is 4.73. The highest BCUT2D eigenvalue weighted by Gasteiger charge is 2.33. The van der Waals surface area contributed by atoms with E-state index in [0.717, 1.165) is 0 Å². The first kappa shape index (κ1) is 17.0. The fourth-order valence-electron chi connectivity index (χ4n) is 1.15. The molecule has 0 saturated carbocycles. The first-order chi connectivity index (χ1) is 8.60. The molecule has 0 heterocycles. The van der Waals surface area contributed by atoms with Gasteiger partial charge in [0.1, 0.15) is 5.60 Å². The third-order valence-electron chi connectivity index (χ3n) is 2.08. The van der Waals surface area contributed by atoms with Gasteiger partial charge in [0.05, 0.1) is 6.07 Å². The second-order valence-corrected chi connectivity index (χ2v) is 5.23. The molecule has 6 nitrogen and oxygen atoms in total. The highest BCUT2D eigenvalue weighted by Crippen LogP contribution is 2.12. The Hall–Kier alpha value is -2.03. The Morgan fingerprint density at radius 2 is 1.95 bits per heavy atom. The Morgan fingerprint density at radius 1 is 1.37 bits per heavy atom. The quantitative estimate of drug-likeness (QED) is 0.588. The summed E-state index contributed by atoms with van der Waals surface area (Å²) < 4.78 is 5.01. The minimum Gasteiger partial charge on any atom is -0.479 e. The lowest BCUT2D eigenvalue weighted by Crippen LogP contribution is -2.52. The zero-order chi connectivity index (χ0) is 15.1. The van der Waals surface area contributed by atoms with Gasteiger partial charge in [0.2, 0.25) is 0 Å². The van der Waals surface area contributed by atoms with Crippen LogP contribution >= 0.6 is 0 Å². The van der Waals surface area contributed by atoms with E-state index in [4.69, 9.17) is 15.1 Å². The summed E-state index contributed by atoms with van der Waals surface area (Å²) in [5.74, 6) is -1.20. The van der Waals surface area contributed by atoms with Crippen LogP contribution in [0.15, 0.2) is 12.2 Å². The number of nitriles is 1. The van der Waals surface area contributed by atoms with Crippen molar-refractivity contribution < 1.29 is 19.4 Å². The Labute approximate surface area is 113 Å². The summed E-state index contributed by atoms with van der Waals surface area (Å²) in [7, 11) is 0. The average molecular weight is 268 g/mol. The number of nitrogens with zero attached hydrogens (tertiary/aromatic N) is 1. The van der Waals surface area contributed by atoms with E-state index in [1.54, 1.807) is 26.8 Å². The first-order valence-electron chi connectivity index (χ1n) is 5.90. The van der Waals surface area contributed by atoms with Crippen molar-refractivity contribution in [2.45, 2.75) is 51.7 Å². The average Bonchev–Trinajstić information content (AvgIpc) is 2.21. The van der Waals surface area contributed by atoms with Crippen LogP contribution in [0.1, 0.15) is 40.5 Å². The molecule has 0 saturated heterocycles. The first-order valence-corrected chi connectivity index (χ1v) is 5.90. The van der Waals surface area contributed by atoms with E-state index in [-0.39, 0.29) is 0 Å². The van der Waals surface area contributed by atoms with Crippen molar-refractivity contribution in [3.63, 3.8) is 0 Å². The third-order valence-corrected chi connectivity index (χ3v) is 2.08. The van der Waals surface area contributed by atoms with E-state index in [1.165, 1.54) is 13.0 Å². The number of rotatable bonds is 5. The smallest absolute Gasteiger partial charge is 0.408 e. The molecule has 0 bridgehead atoms. The number of carboxylic acid groups (broad SMARTS) is 1. The number of amides is 1. The summed E-state index contributed by atoms with van der Waals surface area (Å²) in [6.45, 7) is 6.41. The predicted octanol–water partition coefficient (Wildman–Crippen LogP) is 2.21. The fourth-order valence-corrected chi connectivity index (χ4v) is 1.15. The van der Waals surface area contributed by atoms with E-state index in [9.17, 15) is 9.59 Å². The van der Waals surface area contributed by atoms with Gasteiger partial charge in [0.25, 0.3) is 0 Å². The molecule has 2 N–H and O–H groups in total. The maximum Gasteiger partial charge on any atom is 0.408 e. The minimum atomic E-state index is -1.56. The normalized spacial score (nSPS) is 14.5. The fraction of sp³-hybridized carbons (Fsp3) is 0.615. The van der Waals surface area contributed by atoms with Crippen molar-refractivity contribution in [1.82, 2.24) is 5.32 Å². The molecule has 6 heteroatoms.